The van der Waals surface area contributed by atoms with Gasteiger partial charge >= 0.3 is 37.9 Å². The molecule has 0 aromatic heterocycles. The maximum absolute atomic E-state index is 10.0. The molecule has 3 rings (SSSR count). The van der Waals surface area contributed by atoms with Gasteiger partial charge < -0.3 is 5.11 Å². The average molecular weight is 420 g/mol. The Bertz CT molecular complexity index is 509. The Morgan fingerprint density at radius 1 is 1.18 bits per heavy atom. The number of rotatable bonds is 2. The van der Waals surface area contributed by atoms with Crippen molar-refractivity contribution in [3.63, 3.8) is 0 Å². The molecule has 2 aliphatic rings. The number of halogens is 2. The number of para-hydroxylation sites is 1. The Labute approximate surface area is 152 Å². The summed E-state index contributed by atoms with van der Waals surface area (Å²) in [6.07, 6.45) is 10.0. The first-order valence-electron chi connectivity index (χ1n) is 7.95. The van der Waals surface area contributed by atoms with E-state index >= 15 is 0 Å². The van der Waals surface area contributed by atoms with Gasteiger partial charge in [0.1, 0.15) is 5.75 Å². The van der Waals surface area contributed by atoms with Gasteiger partial charge in [0.2, 0.25) is 0 Å². The number of phenols is 1. The minimum atomic E-state index is -0.826. The van der Waals surface area contributed by atoms with Gasteiger partial charge in [0, 0.05) is 11.8 Å². The fourth-order valence-electron chi connectivity index (χ4n) is 3.88. The molecule has 0 saturated heterocycles. The first-order valence-corrected chi connectivity index (χ1v) is 14.3. The minimum absolute atomic E-state index is 0.380. The molecule has 120 valence electrons. The number of fused-ring (bicyclic) bond motifs is 1. The molecule has 0 amide bonds. The standard InChI is InChI=1S/C17H23NO.2ClH.Zr/c1-12-5-2-8-14(17(12)19)11-18-16-10-4-7-13-6-3-9-15(13)16;;;/h2,5,8,11,13,15-16,19H,3-4,6-7,9-10H2,1H3;2*1H;/q;;;+2/p-2. The van der Waals surface area contributed by atoms with Crippen molar-refractivity contribution in [3.8, 4) is 5.75 Å². The fourth-order valence-corrected chi connectivity index (χ4v) is 3.88. The van der Waals surface area contributed by atoms with Crippen LogP contribution < -0.4 is 0 Å². The van der Waals surface area contributed by atoms with Crippen LogP contribution in [0.5, 0.6) is 5.75 Å². The number of hydrogen-bond donors (Lipinski definition) is 1. The number of phenolic OH excluding ortho intramolecular Hbond substituents is 1. The molecular weight excluding hydrogens is 396 g/mol. The first-order chi connectivity index (χ1) is 10.7. The second-order valence-electron chi connectivity index (χ2n) is 6.22. The van der Waals surface area contributed by atoms with Gasteiger partial charge in [0.05, 0.1) is 6.04 Å². The van der Waals surface area contributed by atoms with E-state index in [-0.39, 0.29) is 0 Å². The van der Waals surface area contributed by atoms with E-state index in [1.165, 1.54) is 38.5 Å². The van der Waals surface area contributed by atoms with Gasteiger partial charge in [-0.25, -0.2) is 0 Å². The molecule has 3 atom stereocenters. The topological polar surface area (TPSA) is 32.6 Å². The number of aliphatic imine (C=N–C) groups is 1. The zero-order chi connectivity index (χ0) is 15.9. The van der Waals surface area contributed by atoms with E-state index in [1.807, 2.05) is 31.3 Å². The van der Waals surface area contributed by atoms with Gasteiger partial charge in [-0.1, -0.05) is 37.8 Å². The van der Waals surface area contributed by atoms with Gasteiger partial charge in [0.15, 0.2) is 0 Å². The van der Waals surface area contributed by atoms with E-state index in [4.69, 9.17) is 22.0 Å². The summed E-state index contributed by atoms with van der Waals surface area (Å²) in [5.41, 5.74) is 1.78. The predicted molar refractivity (Wildman–Crippen MR) is 90.6 cm³/mol. The second-order valence-corrected chi connectivity index (χ2v) is 9.95. The third kappa shape index (κ3) is 4.82. The summed E-state index contributed by atoms with van der Waals surface area (Å²) in [5, 5.41) is 10.0. The molecule has 22 heavy (non-hydrogen) atoms. The van der Waals surface area contributed by atoms with Crippen molar-refractivity contribution in [2.24, 2.45) is 16.8 Å². The Morgan fingerprint density at radius 2 is 1.86 bits per heavy atom. The van der Waals surface area contributed by atoms with Gasteiger partial charge in [-0.3, -0.25) is 4.99 Å². The van der Waals surface area contributed by atoms with Crippen LogP contribution in [0.4, 0.5) is 0 Å². The molecule has 2 fully saturated rings. The third-order valence-electron chi connectivity index (χ3n) is 4.96. The van der Waals surface area contributed by atoms with Crippen LogP contribution in [-0.2, 0) is 20.8 Å². The summed E-state index contributed by atoms with van der Waals surface area (Å²) in [4.78, 5) is 4.81. The van der Waals surface area contributed by atoms with Crippen molar-refractivity contribution in [2.45, 2.75) is 51.5 Å². The van der Waals surface area contributed by atoms with E-state index in [0.29, 0.717) is 11.8 Å². The third-order valence-corrected chi connectivity index (χ3v) is 4.96. The summed E-state index contributed by atoms with van der Waals surface area (Å²) in [5.74, 6) is 2.10. The SMILES string of the molecule is Cc1cccc(C=NC2CCCC3CCCC32)c1O.[Cl][Zr][Cl]. The monoisotopic (exact) mass is 417 g/mol. The van der Waals surface area contributed by atoms with Crippen LogP contribution in [0.2, 0.25) is 0 Å². The number of nitrogens with zero attached hydrogens (tertiary/aromatic N) is 1. The quantitative estimate of drug-likeness (QED) is 0.634. The van der Waals surface area contributed by atoms with E-state index < -0.39 is 20.8 Å². The van der Waals surface area contributed by atoms with E-state index in [2.05, 4.69) is 0 Å². The Balaban J connectivity index is 0.000000545. The molecule has 5 heteroatoms. The van der Waals surface area contributed by atoms with Crippen molar-refractivity contribution < 1.29 is 26.0 Å². The van der Waals surface area contributed by atoms with Crippen LogP contribution in [0, 0.1) is 18.8 Å². The zero-order valence-electron chi connectivity index (χ0n) is 12.9. The van der Waals surface area contributed by atoms with Crippen LogP contribution in [0.1, 0.15) is 49.7 Å². The van der Waals surface area contributed by atoms with Crippen LogP contribution in [0.15, 0.2) is 23.2 Å². The molecule has 2 saturated carbocycles. The summed E-state index contributed by atoms with van der Waals surface area (Å²) in [6.45, 7) is 1.93. The van der Waals surface area contributed by atoms with Crippen LogP contribution in [0.25, 0.3) is 0 Å². The molecule has 3 unspecified atom stereocenters. The molecule has 0 radical (unpaired) electrons. The molecule has 0 spiro atoms. The van der Waals surface area contributed by atoms with Gasteiger partial charge in [-0.2, -0.15) is 0 Å². The number of aromatic hydroxyl groups is 1. The van der Waals surface area contributed by atoms with Crippen LogP contribution in [-0.4, -0.2) is 17.4 Å². The maximum atomic E-state index is 10.0. The zero-order valence-corrected chi connectivity index (χ0v) is 16.9. The van der Waals surface area contributed by atoms with Crippen molar-refractivity contribution in [1.82, 2.24) is 0 Å². The van der Waals surface area contributed by atoms with Crippen molar-refractivity contribution in [3.05, 3.63) is 29.3 Å². The van der Waals surface area contributed by atoms with Crippen LogP contribution >= 0.6 is 17.0 Å². The summed E-state index contributed by atoms with van der Waals surface area (Å²) in [6, 6.07) is 6.35. The van der Waals surface area contributed by atoms with Crippen LogP contribution in [0.3, 0.4) is 0 Å². The molecule has 1 aromatic carbocycles. The predicted octanol–water partition coefficient (Wildman–Crippen LogP) is 5.46. The van der Waals surface area contributed by atoms with E-state index in [0.717, 1.165) is 23.0 Å². The number of aryl methyl sites for hydroxylation is 1. The van der Waals surface area contributed by atoms with Crippen molar-refractivity contribution in [1.29, 1.82) is 0 Å². The molecule has 0 heterocycles. The molecule has 0 aliphatic heterocycles. The van der Waals surface area contributed by atoms with Gasteiger partial charge in [-0.15, -0.1) is 0 Å². The normalized spacial score (nSPS) is 27.1. The number of hydrogen-bond acceptors (Lipinski definition) is 2. The molecule has 1 aromatic rings. The van der Waals surface area contributed by atoms with E-state index in [9.17, 15) is 5.11 Å². The summed E-state index contributed by atoms with van der Waals surface area (Å²) in [7, 11) is 9.87. The number of benzene rings is 1. The molecular formula is C17H23Cl2NOZr. The molecule has 1 N–H and O–H groups in total. The Hall–Kier alpha value is 0.153. The molecule has 2 aliphatic carbocycles. The first kappa shape index (κ1) is 18.5. The van der Waals surface area contributed by atoms with Gasteiger partial charge in [-0.05, 0) is 43.2 Å². The summed E-state index contributed by atoms with van der Waals surface area (Å²) >= 11 is -0.826. The van der Waals surface area contributed by atoms with Gasteiger partial charge in [0.25, 0.3) is 0 Å². The Kier molecular flexibility index (Phi) is 7.94. The molecule has 2 nitrogen and oxygen atoms in total. The summed E-state index contributed by atoms with van der Waals surface area (Å²) < 4.78 is 0. The molecule has 0 bridgehead atoms. The Morgan fingerprint density at radius 3 is 2.59 bits per heavy atom. The van der Waals surface area contributed by atoms with E-state index in [1.54, 1.807) is 0 Å². The average Bonchev–Trinajstić information content (AvgIpc) is 2.99. The fraction of sp³-hybridized carbons (Fsp3) is 0.588. The second kappa shape index (κ2) is 9.45. The van der Waals surface area contributed by atoms with Crippen molar-refractivity contribution in [2.75, 3.05) is 0 Å². The van der Waals surface area contributed by atoms with Crippen molar-refractivity contribution >= 4 is 23.2 Å².